The predicted octanol–water partition coefficient (Wildman–Crippen LogP) is 24.4. The number of carbonyl (C=O) groups excluding carboxylic acids is 3. The largest absolute Gasteiger partial charge is 0.462 e. The van der Waals surface area contributed by atoms with Crippen LogP contribution in [-0.4, -0.2) is 37.2 Å². The first kappa shape index (κ1) is 76.1. The van der Waals surface area contributed by atoms with Gasteiger partial charge in [0.25, 0.3) is 0 Å². The zero-order valence-electron chi connectivity index (χ0n) is 53.2. The minimum Gasteiger partial charge on any atom is -0.462 e. The Morgan fingerprint density at radius 3 is 0.641 bits per heavy atom. The van der Waals surface area contributed by atoms with E-state index in [0.717, 1.165) is 57.8 Å². The van der Waals surface area contributed by atoms with Gasteiger partial charge in [0.15, 0.2) is 6.10 Å². The first-order valence-corrected chi connectivity index (χ1v) is 35.7. The van der Waals surface area contributed by atoms with E-state index in [-0.39, 0.29) is 31.1 Å². The van der Waals surface area contributed by atoms with Gasteiger partial charge in [0.2, 0.25) is 0 Å². The van der Waals surface area contributed by atoms with Crippen LogP contribution in [0.4, 0.5) is 0 Å². The van der Waals surface area contributed by atoms with Crippen molar-refractivity contribution >= 4 is 17.9 Å². The van der Waals surface area contributed by atoms with E-state index in [4.69, 9.17) is 14.2 Å². The van der Waals surface area contributed by atoms with Crippen molar-refractivity contribution in [1.29, 1.82) is 0 Å². The average molecular weight is 1100 g/mol. The van der Waals surface area contributed by atoms with Gasteiger partial charge in [-0.2, -0.15) is 0 Å². The van der Waals surface area contributed by atoms with Crippen molar-refractivity contribution in [1.82, 2.24) is 0 Å². The molecule has 0 radical (unpaired) electrons. The molecule has 0 amide bonds. The fraction of sp³-hybridized carbons (Fsp3) is 0.931. The summed E-state index contributed by atoms with van der Waals surface area (Å²) >= 11 is 0. The van der Waals surface area contributed by atoms with E-state index in [9.17, 15) is 14.4 Å². The lowest BCUT2D eigenvalue weighted by Gasteiger charge is -2.18. The Morgan fingerprint density at radius 2 is 0.423 bits per heavy atom. The lowest BCUT2D eigenvalue weighted by atomic mass is 10.0. The van der Waals surface area contributed by atoms with Gasteiger partial charge in [0.1, 0.15) is 13.2 Å². The van der Waals surface area contributed by atoms with Gasteiger partial charge < -0.3 is 14.2 Å². The number of esters is 3. The Morgan fingerprint density at radius 1 is 0.244 bits per heavy atom. The fourth-order valence-corrected chi connectivity index (χ4v) is 11.2. The molecule has 0 heterocycles. The normalized spacial score (nSPS) is 12.0. The van der Waals surface area contributed by atoms with Gasteiger partial charge in [0.05, 0.1) is 0 Å². The average Bonchev–Trinajstić information content (AvgIpc) is 3.44. The van der Waals surface area contributed by atoms with Crippen molar-refractivity contribution in [3.63, 3.8) is 0 Å². The third-order valence-electron chi connectivity index (χ3n) is 16.5. The fourth-order valence-electron chi connectivity index (χ4n) is 11.2. The van der Waals surface area contributed by atoms with Gasteiger partial charge in [-0.05, 0) is 44.9 Å². The Balaban J connectivity index is 4.23. The van der Waals surface area contributed by atoms with Crippen molar-refractivity contribution in [2.75, 3.05) is 13.2 Å². The molecule has 1 unspecified atom stereocenters. The molecule has 0 aliphatic rings. The van der Waals surface area contributed by atoms with Crippen LogP contribution in [0, 0.1) is 0 Å². The topological polar surface area (TPSA) is 78.9 Å². The van der Waals surface area contributed by atoms with Crippen molar-refractivity contribution in [2.45, 2.75) is 419 Å². The molecule has 0 N–H and O–H groups in total. The molecule has 0 bridgehead atoms. The van der Waals surface area contributed by atoms with E-state index in [1.807, 2.05) is 0 Å². The summed E-state index contributed by atoms with van der Waals surface area (Å²) in [6, 6.07) is 0. The number of carbonyl (C=O) groups is 3. The summed E-state index contributed by atoms with van der Waals surface area (Å²) in [5.74, 6) is -0.825. The van der Waals surface area contributed by atoms with Crippen molar-refractivity contribution < 1.29 is 28.6 Å². The molecular weight excluding hydrogens is 961 g/mol. The minimum absolute atomic E-state index is 0.0623. The highest BCUT2D eigenvalue weighted by atomic mass is 16.6. The van der Waals surface area contributed by atoms with Crippen LogP contribution in [0.25, 0.3) is 0 Å². The summed E-state index contributed by atoms with van der Waals surface area (Å²) in [5.41, 5.74) is 0. The van der Waals surface area contributed by atoms with E-state index < -0.39 is 6.10 Å². The maximum Gasteiger partial charge on any atom is 0.306 e. The third kappa shape index (κ3) is 65.0. The molecule has 0 saturated heterocycles. The molecule has 0 saturated carbocycles. The molecule has 0 spiro atoms. The van der Waals surface area contributed by atoms with Gasteiger partial charge in [0, 0.05) is 19.3 Å². The van der Waals surface area contributed by atoms with E-state index in [2.05, 4.69) is 32.9 Å². The van der Waals surface area contributed by atoms with E-state index >= 15 is 0 Å². The summed E-state index contributed by atoms with van der Waals surface area (Å²) in [6.07, 6.45) is 81.0. The summed E-state index contributed by atoms with van der Waals surface area (Å²) in [6.45, 7) is 6.74. The van der Waals surface area contributed by atoms with Crippen LogP contribution in [0.3, 0.4) is 0 Å². The molecule has 0 aliphatic carbocycles. The summed E-state index contributed by atoms with van der Waals surface area (Å²) in [5, 5.41) is 0. The van der Waals surface area contributed by atoms with Crippen LogP contribution >= 0.6 is 0 Å². The minimum atomic E-state index is -0.766. The third-order valence-corrected chi connectivity index (χ3v) is 16.5. The van der Waals surface area contributed by atoms with Crippen LogP contribution in [0.15, 0.2) is 12.2 Å². The van der Waals surface area contributed by atoms with Gasteiger partial charge in [-0.1, -0.05) is 360 Å². The molecule has 462 valence electrons. The number of ether oxygens (including phenoxy) is 3. The van der Waals surface area contributed by atoms with Crippen molar-refractivity contribution in [2.24, 2.45) is 0 Å². The van der Waals surface area contributed by atoms with Gasteiger partial charge in [-0.15, -0.1) is 0 Å². The summed E-state index contributed by atoms with van der Waals surface area (Å²) in [4.78, 5) is 38.4. The first-order valence-electron chi connectivity index (χ1n) is 35.7. The zero-order chi connectivity index (χ0) is 56.4. The number of unbranched alkanes of at least 4 members (excludes halogenated alkanes) is 54. The van der Waals surface area contributed by atoms with Crippen molar-refractivity contribution in [3.05, 3.63) is 12.2 Å². The Bertz CT molecular complexity index is 1210. The predicted molar refractivity (Wildman–Crippen MR) is 340 cm³/mol. The van der Waals surface area contributed by atoms with E-state index in [0.29, 0.717) is 19.3 Å². The Hall–Kier alpha value is -1.85. The number of rotatable bonds is 67. The second kappa shape index (κ2) is 67.7. The molecule has 0 fully saturated rings. The monoisotopic (exact) mass is 1100 g/mol. The molecule has 0 aromatic heterocycles. The molecule has 6 nitrogen and oxygen atoms in total. The second-order valence-corrected chi connectivity index (χ2v) is 24.5. The van der Waals surface area contributed by atoms with Gasteiger partial charge in [-0.25, -0.2) is 0 Å². The quantitative estimate of drug-likeness (QED) is 0.0261. The van der Waals surface area contributed by atoms with Gasteiger partial charge >= 0.3 is 17.9 Å². The Kier molecular flexibility index (Phi) is 66.0. The molecule has 0 aromatic rings. The SMILES string of the molecule is CCCCCCCCCC/C=C\CCCCCCCCCCCCCCCC(=O)OCC(COC(=O)CCCCCCCCCCCCCCCCC)OC(=O)CCCCCCCCCCCCCCCCCCCCCC. The highest BCUT2D eigenvalue weighted by Crippen LogP contribution is 2.19. The van der Waals surface area contributed by atoms with E-state index in [1.165, 1.54) is 315 Å². The summed E-state index contributed by atoms with van der Waals surface area (Å²) in [7, 11) is 0. The maximum absolute atomic E-state index is 13.0. The smallest absolute Gasteiger partial charge is 0.306 e. The lowest BCUT2D eigenvalue weighted by molar-refractivity contribution is -0.167. The summed E-state index contributed by atoms with van der Waals surface area (Å²) < 4.78 is 17.0. The molecule has 78 heavy (non-hydrogen) atoms. The molecular formula is C72H138O6. The van der Waals surface area contributed by atoms with Crippen LogP contribution in [0.5, 0.6) is 0 Å². The van der Waals surface area contributed by atoms with Crippen LogP contribution in [-0.2, 0) is 28.6 Å². The standard InChI is InChI=1S/C72H138O6/c1-4-7-10-13-16-19-22-25-28-30-32-34-35-36-37-38-40-41-44-47-50-53-56-59-62-65-71(74)77-68-69(67-76-70(73)64-61-58-55-52-49-46-43-27-24-21-18-15-12-9-6-3)78-72(75)66-63-60-57-54-51-48-45-42-39-33-31-29-26-23-20-17-14-11-8-5-2/h30,32,69H,4-29,31,33-68H2,1-3H3/b32-30-. The molecule has 0 aliphatic heterocycles. The van der Waals surface area contributed by atoms with Crippen LogP contribution < -0.4 is 0 Å². The van der Waals surface area contributed by atoms with Crippen LogP contribution in [0.1, 0.15) is 412 Å². The second-order valence-electron chi connectivity index (χ2n) is 24.5. The lowest BCUT2D eigenvalue weighted by Crippen LogP contribution is -2.30. The highest BCUT2D eigenvalue weighted by molar-refractivity contribution is 5.71. The maximum atomic E-state index is 13.0. The Labute approximate surface area is 488 Å². The number of allylic oxidation sites excluding steroid dienone is 2. The molecule has 0 rings (SSSR count). The zero-order valence-corrected chi connectivity index (χ0v) is 53.2. The first-order chi connectivity index (χ1) is 38.5. The van der Waals surface area contributed by atoms with Gasteiger partial charge in [-0.3, -0.25) is 14.4 Å². The molecule has 1 atom stereocenters. The van der Waals surface area contributed by atoms with Crippen molar-refractivity contribution in [3.8, 4) is 0 Å². The number of hydrogen-bond acceptors (Lipinski definition) is 6. The highest BCUT2D eigenvalue weighted by Gasteiger charge is 2.19. The number of hydrogen-bond donors (Lipinski definition) is 0. The molecule has 6 heteroatoms. The van der Waals surface area contributed by atoms with Crippen LogP contribution in [0.2, 0.25) is 0 Å². The molecule has 0 aromatic carbocycles. The van der Waals surface area contributed by atoms with E-state index in [1.54, 1.807) is 0 Å².